The molecular formula is C21H27NO3. The van der Waals surface area contributed by atoms with Gasteiger partial charge in [0.15, 0.2) is 11.5 Å². The van der Waals surface area contributed by atoms with Gasteiger partial charge >= 0.3 is 0 Å². The molecule has 2 aromatic rings. The van der Waals surface area contributed by atoms with E-state index in [0.29, 0.717) is 19.8 Å². The van der Waals surface area contributed by atoms with Crippen LogP contribution in [-0.4, -0.2) is 33.5 Å². The van der Waals surface area contributed by atoms with Crippen molar-refractivity contribution in [2.45, 2.75) is 13.5 Å². The SMILES string of the molecule is C/C=C/c1ccc(OCCOCCNCc2ccccc2)c(OC)c1. The molecule has 0 saturated heterocycles. The molecule has 0 fully saturated rings. The fourth-order valence-corrected chi connectivity index (χ4v) is 2.39. The number of allylic oxidation sites excluding steroid dienone is 1. The zero-order chi connectivity index (χ0) is 17.7. The molecule has 4 nitrogen and oxygen atoms in total. The summed E-state index contributed by atoms with van der Waals surface area (Å²) < 4.78 is 16.7. The smallest absolute Gasteiger partial charge is 0.161 e. The van der Waals surface area contributed by atoms with E-state index in [0.717, 1.165) is 30.2 Å². The molecule has 0 aliphatic heterocycles. The van der Waals surface area contributed by atoms with E-state index in [2.05, 4.69) is 17.4 Å². The van der Waals surface area contributed by atoms with Gasteiger partial charge in [0.1, 0.15) is 6.61 Å². The molecule has 0 aromatic heterocycles. The molecule has 0 atom stereocenters. The van der Waals surface area contributed by atoms with E-state index in [4.69, 9.17) is 14.2 Å². The highest BCUT2D eigenvalue weighted by molar-refractivity contribution is 5.55. The molecule has 0 bridgehead atoms. The third-order valence-electron chi connectivity index (χ3n) is 3.63. The highest BCUT2D eigenvalue weighted by atomic mass is 16.5. The zero-order valence-corrected chi connectivity index (χ0v) is 15.0. The number of hydrogen-bond acceptors (Lipinski definition) is 4. The van der Waals surface area contributed by atoms with E-state index < -0.39 is 0 Å². The Hall–Kier alpha value is -2.30. The Labute approximate surface area is 150 Å². The summed E-state index contributed by atoms with van der Waals surface area (Å²) in [6, 6.07) is 16.2. The summed E-state index contributed by atoms with van der Waals surface area (Å²) in [5.74, 6) is 1.47. The number of hydrogen-bond donors (Lipinski definition) is 1. The van der Waals surface area contributed by atoms with Crippen molar-refractivity contribution in [1.82, 2.24) is 5.32 Å². The number of ether oxygens (including phenoxy) is 3. The van der Waals surface area contributed by atoms with Crippen LogP contribution in [0.15, 0.2) is 54.6 Å². The van der Waals surface area contributed by atoms with Gasteiger partial charge in [-0.2, -0.15) is 0 Å². The Bertz CT molecular complexity index is 641. The molecule has 0 aliphatic rings. The first-order valence-electron chi connectivity index (χ1n) is 8.59. The molecule has 0 aliphatic carbocycles. The average molecular weight is 341 g/mol. The van der Waals surface area contributed by atoms with Gasteiger partial charge in [-0.3, -0.25) is 0 Å². The second kappa shape index (κ2) is 11.3. The number of rotatable bonds is 11. The summed E-state index contributed by atoms with van der Waals surface area (Å²) in [5, 5.41) is 3.35. The molecule has 0 heterocycles. The van der Waals surface area contributed by atoms with Crippen molar-refractivity contribution >= 4 is 6.08 Å². The molecule has 0 unspecified atom stereocenters. The fourth-order valence-electron chi connectivity index (χ4n) is 2.39. The standard InChI is InChI=1S/C21H27NO3/c1-3-7-18-10-11-20(21(16-18)23-2)25-15-14-24-13-12-22-17-19-8-5-4-6-9-19/h3-11,16,22H,12-15,17H2,1-2H3/b7-3+. The molecular weight excluding hydrogens is 314 g/mol. The molecule has 0 amide bonds. The van der Waals surface area contributed by atoms with Gasteiger partial charge < -0.3 is 19.5 Å². The van der Waals surface area contributed by atoms with Gasteiger partial charge in [-0.15, -0.1) is 0 Å². The summed E-state index contributed by atoms with van der Waals surface area (Å²) in [7, 11) is 1.65. The van der Waals surface area contributed by atoms with Gasteiger partial charge in [-0.1, -0.05) is 48.6 Å². The third kappa shape index (κ3) is 6.99. The maximum atomic E-state index is 5.74. The van der Waals surface area contributed by atoms with Crippen molar-refractivity contribution in [2.24, 2.45) is 0 Å². The van der Waals surface area contributed by atoms with Crippen LogP contribution < -0.4 is 14.8 Å². The molecule has 0 radical (unpaired) electrons. The van der Waals surface area contributed by atoms with Crippen LogP contribution in [0.2, 0.25) is 0 Å². The van der Waals surface area contributed by atoms with Crippen molar-refractivity contribution in [3.05, 3.63) is 65.7 Å². The van der Waals surface area contributed by atoms with Crippen LogP contribution in [0.4, 0.5) is 0 Å². The Kier molecular flexibility index (Phi) is 8.59. The lowest BCUT2D eigenvalue weighted by Crippen LogP contribution is -2.20. The molecule has 25 heavy (non-hydrogen) atoms. The van der Waals surface area contributed by atoms with E-state index in [-0.39, 0.29) is 0 Å². The van der Waals surface area contributed by atoms with Crippen LogP contribution >= 0.6 is 0 Å². The summed E-state index contributed by atoms with van der Waals surface area (Å²) in [4.78, 5) is 0. The van der Waals surface area contributed by atoms with Gasteiger partial charge in [0, 0.05) is 13.1 Å². The Morgan fingerprint density at radius 1 is 0.960 bits per heavy atom. The van der Waals surface area contributed by atoms with Crippen molar-refractivity contribution in [2.75, 3.05) is 33.5 Å². The third-order valence-corrected chi connectivity index (χ3v) is 3.63. The first-order chi connectivity index (χ1) is 12.3. The first-order valence-corrected chi connectivity index (χ1v) is 8.59. The Morgan fingerprint density at radius 2 is 1.80 bits per heavy atom. The van der Waals surface area contributed by atoms with Crippen molar-refractivity contribution < 1.29 is 14.2 Å². The zero-order valence-electron chi connectivity index (χ0n) is 15.0. The highest BCUT2D eigenvalue weighted by Crippen LogP contribution is 2.28. The van der Waals surface area contributed by atoms with Gasteiger partial charge in [0.2, 0.25) is 0 Å². The summed E-state index contributed by atoms with van der Waals surface area (Å²) >= 11 is 0. The molecule has 1 N–H and O–H groups in total. The first kappa shape index (κ1) is 19.0. The second-order valence-corrected chi connectivity index (χ2v) is 5.53. The maximum Gasteiger partial charge on any atom is 0.161 e. The van der Waals surface area contributed by atoms with E-state index in [9.17, 15) is 0 Å². The van der Waals surface area contributed by atoms with Crippen molar-refractivity contribution in [3.8, 4) is 11.5 Å². The van der Waals surface area contributed by atoms with Crippen LogP contribution in [0.5, 0.6) is 11.5 Å². The predicted octanol–water partition coefficient (Wildman–Crippen LogP) is 3.91. The topological polar surface area (TPSA) is 39.7 Å². The highest BCUT2D eigenvalue weighted by Gasteiger charge is 2.04. The van der Waals surface area contributed by atoms with Gasteiger partial charge in [0.05, 0.1) is 20.3 Å². The second-order valence-electron chi connectivity index (χ2n) is 5.53. The monoisotopic (exact) mass is 341 g/mol. The minimum absolute atomic E-state index is 0.498. The molecule has 4 heteroatoms. The van der Waals surface area contributed by atoms with Crippen LogP contribution in [-0.2, 0) is 11.3 Å². The largest absolute Gasteiger partial charge is 0.493 e. The Morgan fingerprint density at radius 3 is 2.56 bits per heavy atom. The maximum absolute atomic E-state index is 5.74. The van der Waals surface area contributed by atoms with Crippen molar-refractivity contribution in [3.63, 3.8) is 0 Å². The van der Waals surface area contributed by atoms with Crippen molar-refractivity contribution in [1.29, 1.82) is 0 Å². The molecule has 0 saturated carbocycles. The van der Waals surface area contributed by atoms with E-state index in [1.54, 1.807) is 7.11 Å². The minimum atomic E-state index is 0.498. The van der Waals surface area contributed by atoms with Gasteiger partial charge in [-0.05, 0) is 30.2 Å². The van der Waals surface area contributed by atoms with Crippen LogP contribution in [0, 0.1) is 0 Å². The molecule has 2 rings (SSSR count). The quantitative estimate of drug-likeness (QED) is 0.629. The predicted molar refractivity (Wildman–Crippen MR) is 102 cm³/mol. The van der Waals surface area contributed by atoms with Crippen LogP contribution in [0.1, 0.15) is 18.1 Å². The lowest BCUT2D eigenvalue weighted by atomic mass is 10.2. The molecule has 2 aromatic carbocycles. The number of methoxy groups -OCH3 is 1. The minimum Gasteiger partial charge on any atom is -0.493 e. The summed E-state index contributed by atoms with van der Waals surface area (Å²) in [6.07, 6.45) is 4.02. The van der Waals surface area contributed by atoms with Gasteiger partial charge in [-0.25, -0.2) is 0 Å². The van der Waals surface area contributed by atoms with E-state index in [1.807, 2.05) is 55.5 Å². The average Bonchev–Trinajstić information content (AvgIpc) is 2.65. The molecule has 0 spiro atoms. The fraction of sp³-hybridized carbons (Fsp3) is 0.333. The van der Waals surface area contributed by atoms with Crippen LogP contribution in [0.3, 0.4) is 0 Å². The summed E-state index contributed by atoms with van der Waals surface area (Å²) in [6.45, 7) is 5.37. The number of nitrogens with one attached hydrogen (secondary N) is 1. The molecule has 134 valence electrons. The lowest BCUT2D eigenvalue weighted by Gasteiger charge is -2.12. The normalized spacial score (nSPS) is 11.0. The Balaban J connectivity index is 1.60. The van der Waals surface area contributed by atoms with E-state index in [1.165, 1.54) is 5.56 Å². The number of benzene rings is 2. The van der Waals surface area contributed by atoms with Crippen LogP contribution in [0.25, 0.3) is 6.08 Å². The summed E-state index contributed by atoms with van der Waals surface area (Å²) in [5.41, 5.74) is 2.37. The lowest BCUT2D eigenvalue weighted by molar-refractivity contribution is 0.100. The van der Waals surface area contributed by atoms with E-state index >= 15 is 0 Å². The van der Waals surface area contributed by atoms with Gasteiger partial charge in [0.25, 0.3) is 0 Å².